The minimum atomic E-state index is 0.890. The number of rotatable bonds is 5. The molecule has 0 aromatic carbocycles. The highest BCUT2D eigenvalue weighted by Gasteiger charge is 2.19. The molecule has 26 heavy (non-hydrogen) atoms. The molecule has 0 aliphatic carbocycles. The monoisotopic (exact) mass is 435 g/mol. The Morgan fingerprint density at radius 1 is 1.27 bits per heavy atom. The predicted molar refractivity (Wildman–Crippen MR) is 113 cm³/mol. The molecule has 2 aromatic rings. The fourth-order valence-electron chi connectivity index (χ4n) is 3.20. The average molecular weight is 436 g/mol. The van der Waals surface area contributed by atoms with Gasteiger partial charge in [-0.05, 0) is 58.6 Å². The van der Waals surface area contributed by atoms with E-state index in [4.69, 9.17) is 0 Å². The number of halogens is 1. The van der Waals surface area contributed by atoms with Crippen molar-refractivity contribution in [2.75, 3.05) is 39.8 Å². The molecule has 2 aromatic heterocycles. The van der Waals surface area contributed by atoms with Crippen molar-refractivity contribution in [1.29, 1.82) is 0 Å². The van der Waals surface area contributed by atoms with E-state index >= 15 is 0 Å². The van der Waals surface area contributed by atoms with Gasteiger partial charge in [0.15, 0.2) is 5.96 Å². The minimum absolute atomic E-state index is 0.890. The zero-order valence-electron chi connectivity index (χ0n) is 15.4. The largest absolute Gasteiger partial charge is 0.356 e. The molecule has 3 rings (SSSR count). The molecule has 1 aliphatic heterocycles. The molecule has 1 aliphatic rings. The third kappa shape index (κ3) is 5.28. The lowest BCUT2D eigenvalue weighted by Gasteiger charge is -2.36. The van der Waals surface area contributed by atoms with Gasteiger partial charge in [-0.15, -0.1) is 11.3 Å². The molecule has 0 amide bonds. The van der Waals surface area contributed by atoms with Gasteiger partial charge in [0.2, 0.25) is 0 Å². The standard InChI is InChI=1S/C19H26BrN5S/c1-15-13-22-7-5-16(15)6-8-23-19(21-2)25-11-9-24(10-12-25)14-17-3-4-18(20)26-17/h3-5,7,13H,6,8-12,14H2,1-2H3,(H,21,23). The van der Waals surface area contributed by atoms with Gasteiger partial charge in [-0.1, -0.05) is 0 Å². The SMILES string of the molecule is CN=C(NCCc1ccncc1C)N1CCN(Cc2ccc(Br)s2)CC1. The van der Waals surface area contributed by atoms with Crippen LogP contribution in [-0.2, 0) is 13.0 Å². The van der Waals surface area contributed by atoms with Crippen molar-refractivity contribution < 1.29 is 0 Å². The van der Waals surface area contributed by atoms with Crippen molar-refractivity contribution in [1.82, 2.24) is 20.1 Å². The Morgan fingerprint density at radius 3 is 2.73 bits per heavy atom. The number of nitrogens with one attached hydrogen (secondary N) is 1. The molecule has 3 heterocycles. The molecule has 0 saturated carbocycles. The number of aromatic nitrogens is 1. The van der Waals surface area contributed by atoms with E-state index in [1.54, 1.807) is 0 Å². The number of hydrogen-bond acceptors (Lipinski definition) is 4. The molecule has 0 spiro atoms. The molecule has 7 heteroatoms. The molecule has 1 N–H and O–H groups in total. The Labute approximate surface area is 168 Å². The lowest BCUT2D eigenvalue weighted by atomic mass is 10.1. The number of thiophene rings is 1. The second kappa shape index (κ2) is 9.48. The molecular formula is C19H26BrN5S. The molecule has 1 saturated heterocycles. The Morgan fingerprint density at radius 2 is 2.08 bits per heavy atom. The van der Waals surface area contributed by atoms with Crippen molar-refractivity contribution in [2.45, 2.75) is 19.9 Å². The van der Waals surface area contributed by atoms with Crippen LogP contribution in [0.15, 0.2) is 39.4 Å². The van der Waals surface area contributed by atoms with Crippen LogP contribution in [0, 0.1) is 6.92 Å². The number of guanidine groups is 1. The van der Waals surface area contributed by atoms with Gasteiger partial charge in [0.25, 0.3) is 0 Å². The summed E-state index contributed by atoms with van der Waals surface area (Å²) < 4.78 is 1.21. The van der Waals surface area contributed by atoms with Gasteiger partial charge in [-0.25, -0.2) is 0 Å². The van der Waals surface area contributed by atoms with Gasteiger partial charge >= 0.3 is 0 Å². The quantitative estimate of drug-likeness (QED) is 0.578. The fraction of sp³-hybridized carbons (Fsp3) is 0.474. The maximum absolute atomic E-state index is 4.47. The van der Waals surface area contributed by atoms with Crippen LogP contribution in [0.2, 0.25) is 0 Å². The van der Waals surface area contributed by atoms with E-state index in [-0.39, 0.29) is 0 Å². The Balaban J connectivity index is 1.44. The molecule has 0 radical (unpaired) electrons. The van der Waals surface area contributed by atoms with Gasteiger partial charge in [-0.2, -0.15) is 0 Å². The van der Waals surface area contributed by atoms with Crippen molar-refractivity contribution in [3.63, 3.8) is 0 Å². The molecular weight excluding hydrogens is 410 g/mol. The van der Waals surface area contributed by atoms with Crippen molar-refractivity contribution in [2.24, 2.45) is 4.99 Å². The van der Waals surface area contributed by atoms with E-state index in [1.807, 2.05) is 30.8 Å². The summed E-state index contributed by atoms with van der Waals surface area (Å²) in [4.78, 5) is 14.9. The number of aliphatic imine (C=N–C) groups is 1. The van der Waals surface area contributed by atoms with E-state index < -0.39 is 0 Å². The van der Waals surface area contributed by atoms with Crippen molar-refractivity contribution >= 4 is 33.2 Å². The van der Waals surface area contributed by atoms with Crippen LogP contribution in [0.25, 0.3) is 0 Å². The van der Waals surface area contributed by atoms with Crippen LogP contribution in [0.5, 0.6) is 0 Å². The van der Waals surface area contributed by atoms with Crippen LogP contribution in [0.4, 0.5) is 0 Å². The van der Waals surface area contributed by atoms with Crippen molar-refractivity contribution in [3.05, 3.63) is 50.4 Å². The summed E-state index contributed by atoms with van der Waals surface area (Å²) >= 11 is 5.37. The summed E-state index contributed by atoms with van der Waals surface area (Å²) in [7, 11) is 1.87. The van der Waals surface area contributed by atoms with E-state index in [9.17, 15) is 0 Å². The smallest absolute Gasteiger partial charge is 0.193 e. The fourth-order valence-corrected chi connectivity index (χ4v) is 4.72. The lowest BCUT2D eigenvalue weighted by molar-refractivity contribution is 0.174. The van der Waals surface area contributed by atoms with Gasteiger partial charge in [-0.3, -0.25) is 14.9 Å². The van der Waals surface area contributed by atoms with E-state index in [1.165, 1.54) is 19.8 Å². The van der Waals surface area contributed by atoms with Crippen LogP contribution in [0.1, 0.15) is 16.0 Å². The summed E-state index contributed by atoms with van der Waals surface area (Å²) in [6.07, 6.45) is 4.78. The van der Waals surface area contributed by atoms with Gasteiger partial charge in [0, 0.05) is 63.6 Å². The maximum atomic E-state index is 4.47. The van der Waals surface area contributed by atoms with Gasteiger partial charge < -0.3 is 10.2 Å². The minimum Gasteiger partial charge on any atom is -0.356 e. The summed E-state index contributed by atoms with van der Waals surface area (Å²) in [6.45, 7) is 8.21. The lowest BCUT2D eigenvalue weighted by Crippen LogP contribution is -2.52. The highest BCUT2D eigenvalue weighted by atomic mass is 79.9. The van der Waals surface area contributed by atoms with Gasteiger partial charge in [0.1, 0.15) is 0 Å². The van der Waals surface area contributed by atoms with Crippen LogP contribution in [-0.4, -0.2) is 60.5 Å². The predicted octanol–water partition coefficient (Wildman–Crippen LogP) is 3.15. The van der Waals surface area contributed by atoms with Crippen LogP contribution < -0.4 is 5.32 Å². The van der Waals surface area contributed by atoms with E-state index in [0.29, 0.717) is 0 Å². The molecule has 0 atom stereocenters. The van der Waals surface area contributed by atoms with Crippen LogP contribution >= 0.6 is 27.3 Å². The number of aryl methyl sites for hydroxylation is 1. The Bertz CT molecular complexity index is 737. The third-order valence-electron chi connectivity index (χ3n) is 4.71. The first-order chi connectivity index (χ1) is 12.7. The molecule has 1 fully saturated rings. The third-order valence-corrected chi connectivity index (χ3v) is 6.31. The summed E-state index contributed by atoms with van der Waals surface area (Å²) in [6, 6.07) is 6.44. The summed E-state index contributed by atoms with van der Waals surface area (Å²) in [5.74, 6) is 1.01. The van der Waals surface area contributed by atoms with Crippen LogP contribution in [0.3, 0.4) is 0 Å². The maximum Gasteiger partial charge on any atom is 0.193 e. The van der Waals surface area contributed by atoms with Crippen molar-refractivity contribution in [3.8, 4) is 0 Å². The topological polar surface area (TPSA) is 43.8 Å². The number of piperazine rings is 1. The first-order valence-corrected chi connectivity index (χ1v) is 10.6. The summed E-state index contributed by atoms with van der Waals surface area (Å²) in [5, 5.41) is 3.52. The first kappa shape index (κ1) is 19.3. The Kier molecular flexibility index (Phi) is 7.05. The molecule has 140 valence electrons. The second-order valence-electron chi connectivity index (χ2n) is 6.50. The molecule has 5 nitrogen and oxygen atoms in total. The second-order valence-corrected chi connectivity index (χ2v) is 9.04. The Hall–Kier alpha value is -1.44. The highest BCUT2D eigenvalue weighted by molar-refractivity contribution is 9.11. The number of hydrogen-bond donors (Lipinski definition) is 1. The van der Waals surface area contributed by atoms with E-state index in [0.717, 1.165) is 51.6 Å². The zero-order chi connectivity index (χ0) is 18.4. The normalized spacial score (nSPS) is 16.1. The number of nitrogens with zero attached hydrogens (tertiary/aromatic N) is 4. The first-order valence-electron chi connectivity index (χ1n) is 8.97. The highest BCUT2D eigenvalue weighted by Crippen LogP contribution is 2.23. The van der Waals surface area contributed by atoms with Gasteiger partial charge in [0.05, 0.1) is 3.79 Å². The average Bonchev–Trinajstić information content (AvgIpc) is 3.06. The molecule has 0 unspecified atom stereocenters. The summed E-state index contributed by atoms with van der Waals surface area (Å²) in [5.41, 5.74) is 2.59. The number of pyridine rings is 1. The zero-order valence-corrected chi connectivity index (χ0v) is 17.8. The van der Waals surface area contributed by atoms with E-state index in [2.05, 4.69) is 66.1 Å². The molecule has 0 bridgehead atoms.